The zero-order chi connectivity index (χ0) is 12.7. The molecule has 2 aromatic heterocycles. The van der Waals surface area contributed by atoms with Gasteiger partial charge in [0.25, 0.3) is 0 Å². The largest absolute Gasteiger partial charge is 0.369 e. The average Bonchev–Trinajstić information content (AvgIpc) is 2.92. The first-order valence-electron chi connectivity index (χ1n) is 5.46. The quantitative estimate of drug-likeness (QED) is 0.751. The van der Waals surface area contributed by atoms with Crippen LogP contribution in [0.15, 0.2) is 29.0 Å². The highest BCUT2D eigenvalue weighted by atomic mass is 19.1. The van der Waals surface area contributed by atoms with Crippen LogP contribution in [0.1, 0.15) is 11.3 Å². The molecule has 0 spiro atoms. The molecule has 3 rings (SSSR count). The van der Waals surface area contributed by atoms with E-state index in [1.807, 2.05) is 0 Å². The van der Waals surface area contributed by atoms with Crippen LogP contribution in [0, 0.1) is 12.7 Å². The summed E-state index contributed by atoms with van der Waals surface area (Å²) < 4.78 is 20.0. The van der Waals surface area contributed by atoms with E-state index < -0.39 is 0 Å². The third kappa shape index (κ3) is 1.62. The van der Waals surface area contributed by atoms with E-state index >= 15 is 0 Å². The molecule has 92 valence electrons. The van der Waals surface area contributed by atoms with E-state index in [9.17, 15) is 4.39 Å². The monoisotopic (exact) mass is 246 g/mol. The fraction of sp³-hybridized carbons (Fsp3) is 0.167. The summed E-state index contributed by atoms with van der Waals surface area (Å²) in [5.74, 6) is 0.0478. The Bertz CT molecular complexity index is 703. The van der Waals surface area contributed by atoms with Crippen molar-refractivity contribution in [3.63, 3.8) is 0 Å². The van der Waals surface area contributed by atoms with Gasteiger partial charge in [0.15, 0.2) is 0 Å². The lowest BCUT2D eigenvalue weighted by atomic mass is 10.2. The summed E-state index contributed by atoms with van der Waals surface area (Å²) in [6.07, 6.45) is 1.50. The third-order valence-electron chi connectivity index (χ3n) is 2.87. The number of fused-ring (bicyclic) bond motifs is 1. The number of rotatable bonds is 2. The standard InChI is InChI=1S/C12H11FN4O/c1-7-4-11-10(5-9(7)13)15-12(14)17(11)6-8-2-3-18-16-8/h2-5H,6H2,1H3,(H2,14,15). The van der Waals surface area contributed by atoms with Gasteiger partial charge in [0.2, 0.25) is 5.95 Å². The third-order valence-corrected chi connectivity index (χ3v) is 2.87. The van der Waals surface area contributed by atoms with E-state index in [0.29, 0.717) is 23.6 Å². The summed E-state index contributed by atoms with van der Waals surface area (Å²) in [5, 5.41) is 3.83. The zero-order valence-corrected chi connectivity index (χ0v) is 9.72. The van der Waals surface area contributed by atoms with Crippen molar-refractivity contribution in [2.75, 3.05) is 5.73 Å². The maximum absolute atomic E-state index is 13.4. The van der Waals surface area contributed by atoms with Gasteiger partial charge in [0, 0.05) is 12.1 Å². The Morgan fingerprint density at radius 2 is 2.28 bits per heavy atom. The molecule has 0 radical (unpaired) electrons. The molecule has 0 aliphatic rings. The second-order valence-electron chi connectivity index (χ2n) is 4.14. The highest BCUT2D eigenvalue weighted by Gasteiger charge is 2.12. The molecule has 0 amide bonds. The Balaban J connectivity index is 2.16. The molecule has 3 aromatic rings. The Morgan fingerprint density at radius 3 is 3.00 bits per heavy atom. The molecule has 0 fully saturated rings. The summed E-state index contributed by atoms with van der Waals surface area (Å²) >= 11 is 0. The normalized spacial score (nSPS) is 11.2. The van der Waals surface area contributed by atoms with Crippen molar-refractivity contribution in [1.29, 1.82) is 0 Å². The number of aromatic nitrogens is 3. The van der Waals surface area contributed by atoms with Gasteiger partial charge in [0.05, 0.1) is 17.6 Å². The van der Waals surface area contributed by atoms with Crippen molar-refractivity contribution in [1.82, 2.24) is 14.7 Å². The molecule has 5 nitrogen and oxygen atoms in total. The van der Waals surface area contributed by atoms with Gasteiger partial charge in [-0.15, -0.1) is 0 Å². The number of hydrogen-bond acceptors (Lipinski definition) is 4. The maximum atomic E-state index is 13.4. The lowest BCUT2D eigenvalue weighted by molar-refractivity contribution is 0.410. The van der Waals surface area contributed by atoms with Crippen LogP contribution in [-0.4, -0.2) is 14.7 Å². The van der Waals surface area contributed by atoms with Crippen LogP contribution in [0.5, 0.6) is 0 Å². The second-order valence-corrected chi connectivity index (χ2v) is 4.14. The molecule has 6 heteroatoms. The van der Waals surface area contributed by atoms with Crippen LogP contribution in [-0.2, 0) is 6.54 Å². The number of nitrogens with zero attached hydrogens (tertiary/aromatic N) is 3. The second kappa shape index (κ2) is 3.83. The van der Waals surface area contributed by atoms with E-state index in [-0.39, 0.29) is 5.82 Å². The van der Waals surface area contributed by atoms with E-state index in [1.165, 1.54) is 12.3 Å². The molecule has 0 saturated carbocycles. The summed E-state index contributed by atoms with van der Waals surface area (Å²) in [6.45, 7) is 2.16. The van der Waals surface area contributed by atoms with Gasteiger partial charge < -0.3 is 14.8 Å². The number of nitrogens with two attached hydrogens (primary N) is 1. The lowest BCUT2D eigenvalue weighted by Gasteiger charge is -2.04. The van der Waals surface area contributed by atoms with Crippen molar-refractivity contribution in [2.45, 2.75) is 13.5 Å². The van der Waals surface area contributed by atoms with Crippen molar-refractivity contribution in [3.05, 3.63) is 41.5 Å². The molecule has 0 atom stereocenters. The highest BCUT2D eigenvalue weighted by Crippen LogP contribution is 2.22. The van der Waals surface area contributed by atoms with Crippen LogP contribution in [0.3, 0.4) is 0 Å². The van der Waals surface area contributed by atoms with Crippen LogP contribution >= 0.6 is 0 Å². The van der Waals surface area contributed by atoms with E-state index in [4.69, 9.17) is 10.3 Å². The number of hydrogen-bond donors (Lipinski definition) is 1. The number of halogens is 1. The van der Waals surface area contributed by atoms with Gasteiger partial charge in [-0.05, 0) is 18.6 Å². The van der Waals surface area contributed by atoms with Crippen molar-refractivity contribution < 1.29 is 8.91 Å². The molecule has 1 aromatic carbocycles. The molecule has 0 aliphatic carbocycles. The van der Waals surface area contributed by atoms with Crippen LogP contribution in [0.25, 0.3) is 11.0 Å². The maximum Gasteiger partial charge on any atom is 0.201 e. The Hall–Kier alpha value is -2.37. The van der Waals surface area contributed by atoms with Crippen LogP contribution < -0.4 is 5.73 Å². The van der Waals surface area contributed by atoms with Crippen LogP contribution in [0.2, 0.25) is 0 Å². The summed E-state index contributed by atoms with van der Waals surface area (Å²) in [6, 6.07) is 4.87. The first-order chi connectivity index (χ1) is 8.65. The van der Waals surface area contributed by atoms with E-state index in [2.05, 4.69) is 10.1 Å². The SMILES string of the molecule is Cc1cc2c(cc1F)nc(N)n2Cc1ccon1. The molecule has 0 bridgehead atoms. The summed E-state index contributed by atoms with van der Waals surface area (Å²) in [5.41, 5.74) is 8.47. The van der Waals surface area contributed by atoms with Gasteiger partial charge in [-0.2, -0.15) is 0 Å². The average molecular weight is 246 g/mol. The molecule has 0 saturated heterocycles. The van der Waals surface area contributed by atoms with E-state index in [0.717, 1.165) is 11.2 Å². The smallest absolute Gasteiger partial charge is 0.201 e. The molecule has 0 aliphatic heterocycles. The lowest BCUT2D eigenvalue weighted by Crippen LogP contribution is -2.04. The van der Waals surface area contributed by atoms with Gasteiger partial charge >= 0.3 is 0 Å². The van der Waals surface area contributed by atoms with Gasteiger partial charge in [-0.25, -0.2) is 9.37 Å². The van der Waals surface area contributed by atoms with Gasteiger partial charge in [0.1, 0.15) is 17.8 Å². The topological polar surface area (TPSA) is 69.9 Å². The first-order valence-corrected chi connectivity index (χ1v) is 5.46. The Morgan fingerprint density at radius 1 is 1.44 bits per heavy atom. The van der Waals surface area contributed by atoms with Crippen molar-refractivity contribution >= 4 is 17.0 Å². The number of imidazole rings is 1. The Labute approximate surface area is 102 Å². The molecular formula is C12H11FN4O. The molecule has 0 unspecified atom stereocenters. The highest BCUT2D eigenvalue weighted by molar-refractivity contribution is 5.79. The van der Waals surface area contributed by atoms with Crippen LogP contribution in [0.4, 0.5) is 10.3 Å². The number of anilines is 1. The fourth-order valence-electron chi connectivity index (χ4n) is 1.92. The molecule has 18 heavy (non-hydrogen) atoms. The number of benzene rings is 1. The van der Waals surface area contributed by atoms with Crippen molar-refractivity contribution in [3.8, 4) is 0 Å². The predicted molar refractivity (Wildman–Crippen MR) is 64.4 cm³/mol. The van der Waals surface area contributed by atoms with Crippen molar-refractivity contribution in [2.24, 2.45) is 0 Å². The minimum absolute atomic E-state index is 0.284. The summed E-state index contributed by atoms with van der Waals surface area (Å²) in [7, 11) is 0. The van der Waals surface area contributed by atoms with Gasteiger partial charge in [-0.3, -0.25) is 0 Å². The minimum atomic E-state index is -0.284. The first kappa shape index (κ1) is 10.8. The predicted octanol–water partition coefficient (Wildman–Crippen LogP) is 2.10. The number of nitrogen functional groups attached to an aromatic ring is 1. The Kier molecular flexibility index (Phi) is 2.29. The summed E-state index contributed by atoms with van der Waals surface area (Å²) in [4.78, 5) is 4.14. The molecule has 2 heterocycles. The molecular weight excluding hydrogens is 235 g/mol. The van der Waals surface area contributed by atoms with Gasteiger partial charge in [-0.1, -0.05) is 5.16 Å². The fourth-order valence-corrected chi connectivity index (χ4v) is 1.92. The van der Waals surface area contributed by atoms with E-state index in [1.54, 1.807) is 23.6 Å². The minimum Gasteiger partial charge on any atom is -0.369 e. The number of aryl methyl sites for hydroxylation is 1. The zero-order valence-electron chi connectivity index (χ0n) is 9.72. The molecule has 2 N–H and O–H groups in total.